The van der Waals surface area contributed by atoms with Gasteiger partial charge in [-0.1, -0.05) is 38.0 Å². The second-order valence-electron chi connectivity index (χ2n) is 4.92. The summed E-state index contributed by atoms with van der Waals surface area (Å²) in [6.45, 7) is 2.24. The first kappa shape index (κ1) is 13.1. The average Bonchev–Trinajstić information content (AvgIpc) is 2.72. The zero-order valence-electron chi connectivity index (χ0n) is 11.6. The zero-order valence-corrected chi connectivity index (χ0v) is 11.6. The highest BCUT2D eigenvalue weighted by atomic mass is 15.3. The van der Waals surface area contributed by atoms with E-state index in [1.165, 1.54) is 35.9 Å². The van der Waals surface area contributed by atoms with Gasteiger partial charge in [-0.05, 0) is 19.5 Å². The third-order valence-electron chi connectivity index (χ3n) is 3.59. The van der Waals surface area contributed by atoms with E-state index in [1.54, 1.807) is 0 Å². The zero-order chi connectivity index (χ0) is 13.0. The Bertz CT molecular complexity index is 501. The van der Waals surface area contributed by atoms with Crippen molar-refractivity contribution in [2.24, 2.45) is 7.05 Å². The number of para-hydroxylation sites is 1. The number of nitrogens with one attached hydrogen (secondary N) is 1. The maximum absolute atomic E-state index is 4.66. The predicted octanol–water partition coefficient (Wildman–Crippen LogP) is 2.89. The van der Waals surface area contributed by atoms with Crippen molar-refractivity contribution < 1.29 is 0 Å². The van der Waals surface area contributed by atoms with E-state index >= 15 is 0 Å². The highest BCUT2D eigenvalue weighted by Gasteiger charge is 2.13. The highest BCUT2D eigenvalue weighted by molar-refractivity contribution is 5.81. The number of fused-ring (bicyclic) bond motifs is 1. The number of nitrogens with zero attached hydrogens (tertiary/aromatic N) is 2. The van der Waals surface area contributed by atoms with Crippen LogP contribution >= 0.6 is 0 Å². The molecular weight excluding hydrogens is 222 g/mol. The smallest absolute Gasteiger partial charge is 0.0718 e. The van der Waals surface area contributed by atoms with Crippen LogP contribution in [0, 0.1) is 0 Å². The monoisotopic (exact) mass is 245 g/mol. The largest absolute Gasteiger partial charge is 0.317 e. The summed E-state index contributed by atoms with van der Waals surface area (Å²) in [4.78, 5) is 0. The van der Waals surface area contributed by atoms with Crippen molar-refractivity contribution in [3.8, 4) is 0 Å². The van der Waals surface area contributed by atoms with Gasteiger partial charge in [-0.2, -0.15) is 5.10 Å². The number of rotatable bonds is 6. The molecule has 0 amide bonds. The van der Waals surface area contributed by atoms with E-state index in [-0.39, 0.29) is 0 Å². The third kappa shape index (κ3) is 2.72. The van der Waals surface area contributed by atoms with Gasteiger partial charge < -0.3 is 5.32 Å². The molecule has 0 aliphatic carbocycles. The van der Waals surface area contributed by atoms with Gasteiger partial charge in [0.2, 0.25) is 0 Å². The molecule has 1 N–H and O–H groups in total. The van der Waals surface area contributed by atoms with Crippen LogP contribution in [0.15, 0.2) is 24.3 Å². The molecule has 0 fully saturated rings. The minimum absolute atomic E-state index is 0.531. The van der Waals surface area contributed by atoms with E-state index in [2.05, 4.69) is 41.6 Å². The maximum Gasteiger partial charge on any atom is 0.0718 e. The Morgan fingerprint density at radius 1 is 1.33 bits per heavy atom. The van der Waals surface area contributed by atoms with Gasteiger partial charge in [-0.15, -0.1) is 0 Å². The molecular formula is C15H23N3. The highest BCUT2D eigenvalue weighted by Crippen LogP contribution is 2.19. The molecule has 1 atom stereocenters. The van der Waals surface area contributed by atoms with E-state index in [0.29, 0.717) is 6.04 Å². The Balaban J connectivity index is 2.20. The SMILES string of the molecule is CCCCC(Cc1nn(C)c2ccccc12)NC. The summed E-state index contributed by atoms with van der Waals surface area (Å²) in [5.74, 6) is 0. The van der Waals surface area contributed by atoms with Crippen molar-refractivity contribution in [3.63, 3.8) is 0 Å². The fourth-order valence-corrected chi connectivity index (χ4v) is 2.47. The van der Waals surface area contributed by atoms with E-state index in [1.807, 2.05) is 18.8 Å². The van der Waals surface area contributed by atoms with Crippen LogP contribution in [0.2, 0.25) is 0 Å². The lowest BCUT2D eigenvalue weighted by Gasteiger charge is -2.14. The Labute approximate surface area is 109 Å². The Kier molecular flexibility index (Phi) is 4.37. The number of benzene rings is 1. The van der Waals surface area contributed by atoms with Crippen molar-refractivity contribution in [1.82, 2.24) is 15.1 Å². The van der Waals surface area contributed by atoms with Gasteiger partial charge in [0.25, 0.3) is 0 Å². The molecule has 0 saturated heterocycles. The first-order valence-electron chi connectivity index (χ1n) is 6.84. The topological polar surface area (TPSA) is 29.9 Å². The number of aromatic nitrogens is 2. The maximum atomic E-state index is 4.66. The van der Waals surface area contributed by atoms with Crippen molar-refractivity contribution in [1.29, 1.82) is 0 Å². The van der Waals surface area contributed by atoms with E-state index in [0.717, 1.165) is 6.42 Å². The van der Waals surface area contributed by atoms with Crippen LogP contribution in [0.25, 0.3) is 10.9 Å². The van der Waals surface area contributed by atoms with Crippen LogP contribution in [0.1, 0.15) is 31.9 Å². The first-order chi connectivity index (χ1) is 8.76. The fraction of sp³-hybridized carbons (Fsp3) is 0.533. The van der Waals surface area contributed by atoms with Gasteiger partial charge >= 0.3 is 0 Å². The number of unbranched alkanes of at least 4 members (excludes halogenated alkanes) is 1. The van der Waals surface area contributed by atoms with Crippen LogP contribution in [-0.4, -0.2) is 22.9 Å². The fourth-order valence-electron chi connectivity index (χ4n) is 2.47. The normalized spacial score (nSPS) is 13.1. The lowest BCUT2D eigenvalue weighted by atomic mass is 10.0. The molecule has 98 valence electrons. The molecule has 0 aliphatic rings. The summed E-state index contributed by atoms with van der Waals surface area (Å²) < 4.78 is 1.98. The summed E-state index contributed by atoms with van der Waals surface area (Å²) in [5, 5.41) is 9.36. The van der Waals surface area contributed by atoms with Gasteiger partial charge in [0.05, 0.1) is 11.2 Å². The minimum Gasteiger partial charge on any atom is -0.317 e. The number of aryl methyl sites for hydroxylation is 1. The number of hydrogen-bond donors (Lipinski definition) is 1. The number of likely N-dealkylation sites (N-methyl/N-ethyl adjacent to an activating group) is 1. The molecule has 1 unspecified atom stereocenters. The first-order valence-corrected chi connectivity index (χ1v) is 6.84. The van der Waals surface area contributed by atoms with Crippen molar-refractivity contribution >= 4 is 10.9 Å². The van der Waals surface area contributed by atoms with Crippen LogP contribution < -0.4 is 5.32 Å². The Hall–Kier alpha value is -1.35. The molecule has 3 nitrogen and oxygen atoms in total. The summed E-state index contributed by atoms with van der Waals surface area (Å²) in [6.07, 6.45) is 4.76. The predicted molar refractivity (Wildman–Crippen MR) is 76.8 cm³/mol. The third-order valence-corrected chi connectivity index (χ3v) is 3.59. The van der Waals surface area contributed by atoms with Crippen LogP contribution in [-0.2, 0) is 13.5 Å². The number of hydrogen-bond acceptors (Lipinski definition) is 2. The summed E-state index contributed by atoms with van der Waals surface area (Å²) in [7, 11) is 4.07. The average molecular weight is 245 g/mol. The quantitative estimate of drug-likeness (QED) is 0.848. The van der Waals surface area contributed by atoms with Crippen LogP contribution in [0.5, 0.6) is 0 Å². The second kappa shape index (κ2) is 6.01. The molecule has 2 rings (SSSR count). The molecule has 1 aromatic carbocycles. The summed E-state index contributed by atoms with van der Waals surface area (Å²) in [6, 6.07) is 8.99. The van der Waals surface area contributed by atoms with Gasteiger partial charge in [0, 0.05) is 24.9 Å². The van der Waals surface area contributed by atoms with Gasteiger partial charge in [0.1, 0.15) is 0 Å². The van der Waals surface area contributed by atoms with Crippen LogP contribution in [0.4, 0.5) is 0 Å². The van der Waals surface area contributed by atoms with Crippen LogP contribution in [0.3, 0.4) is 0 Å². The van der Waals surface area contributed by atoms with E-state index in [4.69, 9.17) is 0 Å². The molecule has 2 aromatic rings. The van der Waals surface area contributed by atoms with Crippen molar-refractivity contribution in [3.05, 3.63) is 30.0 Å². The molecule has 3 heteroatoms. The van der Waals surface area contributed by atoms with Gasteiger partial charge in [0.15, 0.2) is 0 Å². The minimum atomic E-state index is 0.531. The Morgan fingerprint density at radius 2 is 2.11 bits per heavy atom. The Morgan fingerprint density at radius 3 is 2.83 bits per heavy atom. The molecule has 1 heterocycles. The molecule has 0 spiro atoms. The standard InChI is InChI=1S/C15H23N3/c1-4-5-8-12(16-2)11-14-13-9-6-7-10-15(13)18(3)17-14/h6-7,9-10,12,16H,4-5,8,11H2,1-3H3. The lowest BCUT2D eigenvalue weighted by molar-refractivity contribution is 0.493. The molecule has 0 bridgehead atoms. The molecule has 0 aliphatic heterocycles. The molecule has 0 radical (unpaired) electrons. The van der Waals surface area contributed by atoms with Crippen molar-refractivity contribution in [2.45, 2.75) is 38.6 Å². The summed E-state index contributed by atoms with van der Waals surface area (Å²) in [5.41, 5.74) is 2.43. The van der Waals surface area contributed by atoms with E-state index in [9.17, 15) is 0 Å². The van der Waals surface area contributed by atoms with Crippen molar-refractivity contribution in [2.75, 3.05) is 7.05 Å². The lowest BCUT2D eigenvalue weighted by Crippen LogP contribution is -2.27. The van der Waals surface area contributed by atoms with Gasteiger partial charge in [-0.3, -0.25) is 4.68 Å². The van der Waals surface area contributed by atoms with E-state index < -0.39 is 0 Å². The molecule has 1 aromatic heterocycles. The second-order valence-corrected chi connectivity index (χ2v) is 4.92. The molecule has 18 heavy (non-hydrogen) atoms. The van der Waals surface area contributed by atoms with Gasteiger partial charge in [-0.25, -0.2) is 0 Å². The molecule has 0 saturated carbocycles. The summed E-state index contributed by atoms with van der Waals surface area (Å²) >= 11 is 0.